The lowest BCUT2D eigenvalue weighted by atomic mass is 10.3. The molecule has 0 fully saturated rings. The Hall–Kier alpha value is -1.89. The fourth-order valence-electron chi connectivity index (χ4n) is 1.45. The van der Waals surface area contributed by atoms with Crippen LogP contribution < -0.4 is 16.4 Å². The lowest BCUT2D eigenvalue weighted by molar-refractivity contribution is -0.118. The SMILES string of the molecule is CNC(=O)CNc1nc(N)nc2sc(C)cc12. The molecule has 2 heterocycles. The number of likely N-dealkylation sites (N-methyl/N-ethyl adjacent to an activating group) is 1. The van der Waals surface area contributed by atoms with Crippen LogP contribution in [0.15, 0.2) is 6.07 Å². The highest BCUT2D eigenvalue weighted by Crippen LogP contribution is 2.28. The summed E-state index contributed by atoms with van der Waals surface area (Å²) in [4.78, 5) is 21.4. The number of amides is 1. The molecule has 0 unspecified atom stereocenters. The van der Waals surface area contributed by atoms with Crippen LogP contribution in [0.3, 0.4) is 0 Å². The molecule has 0 atom stereocenters. The molecule has 1 amide bonds. The van der Waals surface area contributed by atoms with E-state index in [1.54, 1.807) is 18.4 Å². The lowest BCUT2D eigenvalue weighted by Gasteiger charge is -2.06. The third-order valence-corrected chi connectivity index (χ3v) is 3.17. The van der Waals surface area contributed by atoms with Gasteiger partial charge in [-0.2, -0.15) is 4.98 Å². The van der Waals surface area contributed by atoms with E-state index in [2.05, 4.69) is 20.6 Å². The van der Waals surface area contributed by atoms with Crippen molar-refractivity contribution in [2.45, 2.75) is 6.92 Å². The average molecular weight is 251 g/mol. The van der Waals surface area contributed by atoms with Crippen molar-refractivity contribution >= 4 is 39.2 Å². The number of aromatic nitrogens is 2. The zero-order valence-corrected chi connectivity index (χ0v) is 10.4. The van der Waals surface area contributed by atoms with E-state index < -0.39 is 0 Å². The maximum atomic E-state index is 11.2. The van der Waals surface area contributed by atoms with E-state index in [-0.39, 0.29) is 18.4 Å². The van der Waals surface area contributed by atoms with E-state index in [0.29, 0.717) is 5.82 Å². The monoisotopic (exact) mass is 251 g/mol. The minimum atomic E-state index is -0.109. The zero-order valence-electron chi connectivity index (χ0n) is 9.57. The maximum Gasteiger partial charge on any atom is 0.239 e. The molecule has 7 heteroatoms. The molecule has 0 aliphatic rings. The highest BCUT2D eigenvalue weighted by Gasteiger charge is 2.09. The van der Waals surface area contributed by atoms with Gasteiger partial charge in [-0.15, -0.1) is 11.3 Å². The molecule has 6 nitrogen and oxygen atoms in total. The first-order valence-corrected chi connectivity index (χ1v) is 5.90. The van der Waals surface area contributed by atoms with Crippen LogP contribution in [-0.2, 0) is 4.79 Å². The van der Waals surface area contributed by atoms with Crippen molar-refractivity contribution in [3.05, 3.63) is 10.9 Å². The summed E-state index contributed by atoms with van der Waals surface area (Å²) >= 11 is 1.55. The number of carbonyl (C=O) groups excluding carboxylic acids is 1. The molecule has 0 saturated heterocycles. The van der Waals surface area contributed by atoms with Gasteiger partial charge in [-0.1, -0.05) is 0 Å². The first-order valence-electron chi connectivity index (χ1n) is 5.08. The maximum absolute atomic E-state index is 11.2. The Balaban J connectivity index is 2.34. The third kappa shape index (κ3) is 2.44. The fraction of sp³-hybridized carbons (Fsp3) is 0.300. The smallest absolute Gasteiger partial charge is 0.239 e. The number of hydrogen-bond donors (Lipinski definition) is 3. The quantitative estimate of drug-likeness (QED) is 0.748. The number of anilines is 2. The van der Waals surface area contributed by atoms with Crippen molar-refractivity contribution in [2.24, 2.45) is 0 Å². The first-order chi connectivity index (χ1) is 8.10. The number of nitrogens with two attached hydrogens (primary N) is 1. The molecule has 2 rings (SSSR count). The summed E-state index contributed by atoms with van der Waals surface area (Å²) in [6.45, 7) is 2.15. The third-order valence-electron chi connectivity index (χ3n) is 2.23. The van der Waals surface area contributed by atoms with Crippen molar-refractivity contribution in [1.29, 1.82) is 0 Å². The number of thiophene rings is 1. The van der Waals surface area contributed by atoms with E-state index in [4.69, 9.17) is 5.73 Å². The van der Waals surface area contributed by atoms with Crippen LogP contribution in [0.1, 0.15) is 4.88 Å². The molecular formula is C10H13N5OS. The molecule has 2 aromatic heterocycles. The molecule has 0 spiro atoms. The zero-order chi connectivity index (χ0) is 12.4. The second-order valence-electron chi connectivity index (χ2n) is 3.53. The topological polar surface area (TPSA) is 92.9 Å². The van der Waals surface area contributed by atoms with Gasteiger partial charge in [-0.3, -0.25) is 4.79 Å². The van der Waals surface area contributed by atoms with Gasteiger partial charge in [-0.25, -0.2) is 4.98 Å². The Labute approximate surface area is 102 Å². The van der Waals surface area contributed by atoms with Crippen molar-refractivity contribution in [2.75, 3.05) is 24.6 Å². The summed E-state index contributed by atoms with van der Waals surface area (Å²) in [7, 11) is 1.59. The molecule has 0 aliphatic heterocycles. The van der Waals surface area contributed by atoms with Gasteiger partial charge >= 0.3 is 0 Å². The Bertz CT molecular complexity index is 565. The van der Waals surface area contributed by atoms with Gasteiger partial charge in [0.05, 0.1) is 11.9 Å². The van der Waals surface area contributed by atoms with Gasteiger partial charge in [0.2, 0.25) is 11.9 Å². The van der Waals surface area contributed by atoms with Crippen LogP contribution >= 0.6 is 11.3 Å². The standard InChI is InChI=1S/C10H13N5OS/c1-5-3-6-8(13-4-7(16)12-2)14-10(11)15-9(6)17-5/h3H,4H2,1-2H3,(H,12,16)(H3,11,13,14,15). The second-order valence-corrected chi connectivity index (χ2v) is 4.77. The van der Waals surface area contributed by atoms with E-state index in [9.17, 15) is 4.79 Å². The number of hydrogen-bond acceptors (Lipinski definition) is 6. The van der Waals surface area contributed by atoms with Crippen molar-refractivity contribution in [3.63, 3.8) is 0 Å². The Morgan fingerprint density at radius 3 is 3.00 bits per heavy atom. The number of aryl methyl sites for hydroxylation is 1. The number of nitrogens with one attached hydrogen (secondary N) is 2. The molecule has 0 bridgehead atoms. The molecule has 0 aromatic carbocycles. The summed E-state index contributed by atoms with van der Waals surface area (Å²) in [6, 6.07) is 1.98. The van der Waals surface area contributed by atoms with Crippen LogP contribution in [0.4, 0.5) is 11.8 Å². The van der Waals surface area contributed by atoms with Gasteiger partial charge in [0.1, 0.15) is 10.6 Å². The molecule has 17 heavy (non-hydrogen) atoms. The lowest BCUT2D eigenvalue weighted by Crippen LogP contribution is -2.26. The van der Waals surface area contributed by atoms with Crippen LogP contribution in [0.2, 0.25) is 0 Å². The number of fused-ring (bicyclic) bond motifs is 1. The molecule has 0 aliphatic carbocycles. The molecule has 2 aromatic rings. The Morgan fingerprint density at radius 2 is 2.29 bits per heavy atom. The van der Waals surface area contributed by atoms with Gasteiger partial charge < -0.3 is 16.4 Å². The molecule has 90 valence electrons. The number of nitrogens with zero attached hydrogens (tertiary/aromatic N) is 2. The Kier molecular flexibility index (Phi) is 3.10. The van der Waals surface area contributed by atoms with Gasteiger partial charge in [0.15, 0.2) is 0 Å². The van der Waals surface area contributed by atoms with E-state index in [1.165, 1.54) is 0 Å². The van der Waals surface area contributed by atoms with Crippen molar-refractivity contribution in [3.8, 4) is 0 Å². The average Bonchev–Trinajstić information content (AvgIpc) is 2.65. The number of nitrogen functional groups attached to an aromatic ring is 1. The summed E-state index contributed by atoms with van der Waals surface area (Å²) < 4.78 is 0. The fourth-order valence-corrected chi connectivity index (χ4v) is 2.33. The molecule has 0 saturated carbocycles. The van der Waals surface area contributed by atoms with Crippen LogP contribution in [0.5, 0.6) is 0 Å². The predicted octanol–water partition coefficient (Wildman–Crippen LogP) is 0.740. The van der Waals surface area contributed by atoms with Crippen LogP contribution in [-0.4, -0.2) is 29.5 Å². The first kappa shape index (κ1) is 11.6. The Morgan fingerprint density at radius 1 is 1.53 bits per heavy atom. The predicted molar refractivity (Wildman–Crippen MR) is 69.1 cm³/mol. The van der Waals surface area contributed by atoms with E-state index >= 15 is 0 Å². The minimum Gasteiger partial charge on any atom is -0.368 e. The normalized spacial score (nSPS) is 10.5. The van der Waals surface area contributed by atoms with Crippen LogP contribution in [0, 0.1) is 6.92 Å². The van der Waals surface area contributed by atoms with E-state index in [1.807, 2.05) is 13.0 Å². The van der Waals surface area contributed by atoms with Crippen molar-refractivity contribution in [1.82, 2.24) is 15.3 Å². The highest BCUT2D eigenvalue weighted by molar-refractivity contribution is 7.18. The van der Waals surface area contributed by atoms with Gasteiger partial charge in [0.25, 0.3) is 0 Å². The summed E-state index contributed by atoms with van der Waals surface area (Å²) in [5, 5.41) is 6.38. The summed E-state index contributed by atoms with van der Waals surface area (Å²) in [5.74, 6) is 0.696. The van der Waals surface area contributed by atoms with Gasteiger partial charge in [0, 0.05) is 11.9 Å². The minimum absolute atomic E-state index is 0.109. The second kappa shape index (κ2) is 4.54. The number of rotatable bonds is 3. The molecule has 4 N–H and O–H groups in total. The molecule has 0 radical (unpaired) electrons. The summed E-state index contributed by atoms with van der Waals surface area (Å²) in [6.07, 6.45) is 0. The van der Waals surface area contributed by atoms with Crippen LogP contribution in [0.25, 0.3) is 10.2 Å². The van der Waals surface area contributed by atoms with E-state index in [0.717, 1.165) is 15.1 Å². The largest absolute Gasteiger partial charge is 0.368 e. The number of carbonyl (C=O) groups is 1. The van der Waals surface area contributed by atoms with Gasteiger partial charge in [-0.05, 0) is 13.0 Å². The summed E-state index contributed by atoms with van der Waals surface area (Å²) in [5.41, 5.74) is 5.62. The molecular weight excluding hydrogens is 238 g/mol. The van der Waals surface area contributed by atoms with Crippen molar-refractivity contribution < 1.29 is 4.79 Å². The highest BCUT2D eigenvalue weighted by atomic mass is 32.1.